The summed E-state index contributed by atoms with van der Waals surface area (Å²) >= 11 is 0. The number of anilines is 2. The fourth-order valence-corrected chi connectivity index (χ4v) is 4.61. The number of hydrogen-bond acceptors (Lipinski definition) is 3. The summed E-state index contributed by atoms with van der Waals surface area (Å²) in [6.45, 7) is 1.87. The van der Waals surface area contributed by atoms with E-state index in [-0.39, 0.29) is 11.9 Å². The number of hydrogen-bond donors (Lipinski definition) is 2. The van der Waals surface area contributed by atoms with Gasteiger partial charge in [0.1, 0.15) is 0 Å². The normalized spacial score (nSPS) is 28.0. The van der Waals surface area contributed by atoms with Crippen LogP contribution in [0.4, 0.5) is 16.2 Å². The van der Waals surface area contributed by atoms with E-state index in [1.807, 2.05) is 12.1 Å². The maximum atomic E-state index is 12.6. The number of likely N-dealkylation sites (tertiary alicyclic amines) is 1. The van der Waals surface area contributed by atoms with Crippen LogP contribution in [-0.2, 0) is 11.2 Å². The Morgan fingerprint density at radius 2 is 2.21 bits per heavy atom. The summed E-state index contributed by atoms with van der Waals surface area (Å²) in [5, 5.41) is 12.6. The van der Waals surface area contributed by atoms with Gasteiger partial charge in [-0.05, 0) is 42.9 Å². The second kappa shape index (κ2) is 5.40. The van der Waals surface area contributed by atoms with Gasteiger partial charge < -0.3 is 20.2 Å². The van der Waals surface area contributed by atoms with Crippen LogP contribution in [-0.4, -0.2) is 48.7 Å². The van der Waals surface area contributed by atoms with E-state index < -0.39 is 11.4 Å². The van der Waals surface area contributed by atoms with Crippen molar-refractivity contribution < 1.29 is 14.7 Å². The van der Waals surface area contributed by atoms with Crippen LogP contribution >= 0.6 is 0 Å². The largest absolute Gasteiger partial charge is 0.481 e. The molecule has 2 heterocycles. The van der Waals surface area contributed by atoms with Gasteiger partial charge in [-0.3, -0.25) is 4.79 Å². The van der Waals surface area contributed by atoms with Gasteiger partial charge in [-0.25, -0.2) is 4.79 Å². The van der Waals surface area contributed by atoms with Crippen molar-refractivity contribution in [1.82, 2.24) is 4.90 Å². The lowest BCUT2D eigenvalue weighted by molar-refractivity contribution is -0.149. The summed E-state index contributed by atoms with van der Waals surface area (Å²) in [6, 6.07) is 5.81. The zero-order valence-corrected chi connectivity index (χ0v) is 13.9. The van der Waals surface area contributed by atoms with Crippen molar-refractivity contribution in [2.45, 2.75) is 25.7 Å². The molecule has 24 heavy (non-hydrogen) atoms. The van der Waals surface area contributed by atoms with Crippen LogP contribution in [0.15, 0.2) is 18.2 Å². The Labute approximate surface area is 141 Å². The second-order valence-electron chi connectivity index (χ2n) is 7.38. The van der Waals surface area contributed by atoms with Crippen molar-refractivity contribution >= 4 is 23.4 Å². The Morgan fingerprint density at radius 3 is 2.96 bits per heavy atom. The number of aliphatic carboxylic acids is 1. The standard InChI is InChI=1S/C18H23N3O3/c1-20-8-6-12-4-5-14(9-15(12)20)19-17(24)21-10-13-3-2-7-18(13,11-21)16(22)23/h4-5,9,13H,2-3,6-8,10-11H2,1H3,(H,19,24)(H,22,23)/t13-,18+/m0/s1. The average molecular weight is 329 g/mol. The number of nitrogens with one attached hydrogen (secondary N) is 1. The molecule has 2 fully saturated rings. The SMILES string of the molecule is CN1CCc2ccc(NC(=O)N3C[C@@H]4CCC[C@@]4(C(=O)O)C3)cc21. The minimum Gasteiger partial charge on any atom is -0.481 e. The van der Waals surface area contributed by atoms with E-state index in [9.17, 15) is 14.7 Å². The average Bonchev–Trinajstić information content (AvgIpc) is 3.20. The summed E-state index contributed by atoms with van der Waals surface area (Å²) in [7, 11) is 2.05. The number of likely N-dealkylation sites (N-methyl/N-ethyl adjacent to an activating group) is 1. The van der Waals surface area contributed by atoms with Gasteiger partial charge in [-0.15, -0.1) is 0 Å². The minimum atomic E-state index is -0.751. The van der Waals surface area contributed by atoms with Crippen LogP contribution in [0.5, 0.6) is 0 Å². The molecule has 0 spiro atoms. The highest BCUT2D eigenvalue weighted by Gasteiger charge is 2.55. The Morgan fingerprint density at radius 1 is 1.38 bits per heavy atom. The van der Waals surface area contributed by atoms with E-state index >= 15 is 0 Å². The molecule has 2 aliphatic heterocycles. The highest BCUT2D eigenvalue weighted by atomic mass is 16.4. The van der Waals surface area contributed by atoms with Crippen LogP contribution in [0.3, 0.4) is 0 Å². The lowest BCUT2D eigenvalue weighted by Gasteiger charge is -2.23. The van der Waals surface area contributed by atoms with Crippen LogP contribution in [0.25, 0.3) is 0 Å². The predicted molar refractivity (Wildman–Crippen MR) is 91.4 cm³/mol. The second-order valence-corrected chi connectivity index (χ2v) is 7.38. The van der Waals surface area contributed by atoms with Crippen LogP contribution in [0, 0.1) is 11.3 Å². The fraction of sp³-hybridized carbons (Fsp3) is 0.556. The summed E-state index contributed by atoms with van der Waals surface area (Å²) in [6.07, 6.45) is 3.57. The van der Waals surface area contributed by atoms with Crippen molar-refractivity contribution in [1.29, 1.82) is 0 Å². The molecule has 2 atom stereocenters. The molecule has 0 aromatic heterocycles. The molecule has 1 aromatic carbocycles. The van der Waals surface area contributed by atoms with Crippen LogP contribution < -0.4 is 10.2 Å². The first-order valence-electron chi connectivity index (χ1n) is 8.63. The Bertz CT molecular complexity index is 705. The molecule has 2 amide bonds. The van der Waals surface area contributed by atoms with Crippen LogP contribution in [0.2, 0.25) is 0 Å². The van der Waals surface area contributed by atoms with Crippen molar-refractivity contribution in [2.24, 2.45) is 11.3 Å². The van der Waals surface area contributed by atoms with Gasteiger partial charge in [0.15, 0.2) is 0 Å². The first kappa shape index (κ1) is 15.3. The third kappa shape index (κ3) is 2.24. The van der Waals surface area contributed by atoms with Gasteiger partial charge in [0.05, 0.1) is 5.41 Å². The lowest BCUT2D eigenvalue weighted by Crippen LogP contribution is -2.38. The lowest BCUT2D eigenvalue weighted by atomic mass is 9.81. The highest BCUT2D eigenvalue weighted by Crippen LogP contribution is 2.49. The number of rotatable bonds is 2. The molecule has 0 bridgehead atoms. The fourth-order valence-electron chi connectivity index (χ4n) is 4.61. The topological polar surface area (TPSA) is 72.9 Å². The van der Waals surface area contributed by atoms with Gasteiger partial charge in [0, 0.05) is 38.1 Å². The molecule has 128 valence electrons. The van der Waals surface area contributed by atoms with Crippen LogP contribution in [0.1, 0.15) is 24.8 Å². The zero-order valence-electron chi connectivity index (χ0n) is 13.9. The third-order valence-electron chi connectivity index (χ3n) is 6.05. The first-order chi connectivity index (χ1) is 11.5. The van der Waals surface area contributed by atoms with Crippen molar-refractivity contribution in [3.63, 3.8) is 0 Å². The van der Waals surface area contributed by atoms with Gasteiger partial charge >= 0.3 is 12.0 Å². The number of benzene rings is 1. The van der Waals surface area contributed by atoms with Gasteiger partial charge in [-0.1, -0.05) is 12.5 Å². The molecule has 1 saturated heterocycles. The van der Waals surface area contributed by atoms with Crippen molar-refractivity contribution in [3.8, 4) is 0 Å². The number of carboxylic acids is 1. The van der Waals surface area contributed by atoms with E-state index in [1.165, 1.54) is 5.56 Å². The van der Waals surface area contributed by atoms with Crippen molar-refractivity contribution in [3.05, 3.63) is 23.8 Å². The molecule has 1 saturated carbocycles. The molecule has 1 aliphatic carbocycles. The third-order valence-corrected chi connectivity index (χ3v) is 6.05. The number of nitrogens with zero attached hydrogens (tertiary/aromatic N) is 2. The number of amides is 2. The molecule has 3 aliphatic rings. The number of fused-ring (bicyclic) bond motifs is 2. The molecule has 6 nitrogen and oxygen atoms in total. The number of urea groups is 1. The maximum Gasteiger partial charge on any atom is 0.321 e. The quantitative estimate of drug-likeness (QED) is 0.874. The Hall–Kier alpha value is -2.24. The van der Waals surface area contributed by atoms with E-state index in [4.69, 9.17) is 0 Å². The molecular weight excluding hydrogens is 306 g/mol. The molecule has 6 heteroatoms. The smallest absolute Gasteiger partial charge is 0.321 e. The molecular formula is C18H23N3O3. The Balaban J connectivity index is 1.48. The number of carbonyl (C=O) groups is 2. The molecule has 4 rings (SSSR count). The maximum absolute atomic E-state index is 12.6. The van der Waals surface area contributed by atoms with Gasteiger partial charge in [0.2, 0.25) is 0 Å². The summed E-state index contributed by atoms with van der Waals surface area (Å²) in [5.41, 5.74) is 2.51. The molecule has 0 unspecified atom stereocenters. The monoisotopic (exact) mass is 329 g/mol. The summed E-state index contributed by atoms with van der Waals surface area (Å²) < 4.78 is 0. The Kier molecular flexibility index (Phi) is 3.44. The zero-order chi connectivity index (χ0) is 16.9. The molecule has 2 N–H and O–H groups in total. The van der Waals surface area contributed by atoms with Crippen molar-refractivity contribution in [2.75, 3.05) is 36.9 Å². The molecule has 0 radical (unpaired) electrons. The molecule has 1 aromatic rings. The van der Waals surface area contributed by atoms with E-state index in [2.05, 4.69) is 23.3 Å². The highest BCUT2D eigenvalue weighted by molar-refractivity contribution is 5.91. The summed E-state index contributed by atoms with van der Waals surface area (Å²) in [5.74, 6) is -0.661. The van der Waals surface area contributed by atoms with E-state index in [0.29, 0.717) is 19.5 Å². The van der Waals surface area contributed by atoms with E-state index in [0.717, 1.165) is 37.2 Å². The van der Waals surface area contributed by atoms with Gasteiger partial charge in [-0.2, -0.15) is 0 Å². The predicted octanol–water partition coefficient (Wildman–Crippen LogP) is 2.40. The minimum absolute atomic E-state index is 0.0897. The van der Waals surface area contributed by atoms with Gasteiger partial charge in [0.25, 0.3) is 0 Å². The summed E-state index contributed by atoms with van der Waals surface area (Å²) in [4.78, 5) is 28.2. The first-order valence-corrected chi connectivity index (χ1v) is 8.63. The number of carboxylic acid groups (broad SMARTS) is 1. The number of carbonyl (C=O) groups excluding carboxylic acids is 1. The van der Waals surface area contributed by atoms with E-state index in [1.54, 1.807) is 4.90 Å².